The number of allylic oxidation sites excluding steroid dienone is 5. The Labute approximate surface area is 374 Å². The summed E-state index contributed by atoms with van der Waals surface area (Å²) in [6.07, 6.45) is 46.6. The van der Waals surface area contributed by atoms with Crippen LogP contribution in [0.5, 0.6) is 0 Å². The van der Waals surface area contributed by atoms with E-state index < -0.39 is 49.5 Å². The van der Waals surface area contributed by atoms with E-state index in [9.17, 15) is 30.3 Å². The van der Waals surface area contributed by atoms with Crippen molar-refractivity contribution in [1.29, 1.82) is 0 Å². The fourth-order valence-electron chi connectivity index (χ4n) is 8.05. The van der Waals surface area contributed by atoms with Crippen molar-refractivity contribution in [3.63, 3.8) is 0 Å². The summed E-state index contributed by atoms with van der Waals surface area (Å²) in [5.74, 6) is -0.187. The molecule has 1 rings (SSSR count). The van der Waals surface area contributed by atoms with E-state index >= 15 is 0 Å². The largest absolute Gasteiger partial charge is 0.394 e. The number of aliphatic hydroxyl groups excluding tert-OH is 5. The van der Waals surface area contributed by atoms with Gasteiger partial charge in [-0.25, -0.2) is 0 Å². The number of aliphatic hydroxyl groups is 5. The molecule has 0 aromatic carbocycles. The molecule has 61 heavy (non-hydrogen) atoms. The van der Waals surface area contributed by atoms with Gasteiger partial charge in [0.25, 0.3) is 0 Å². The van der Waals surface area contributed by atoms with Crippen LogP contribution in [-0.2, 0) is 14.3 Å². The predicted octanol–water partition coefficient (Wildman–Crippen LogP) is 11.6. The highest BCUT2D eigenvalue weighted by molar-refractivity contribution is 5.76. The van der Waals surface area contributed by atoms with Gasteiger partial charge in [0.05, 0.1) is 25.4 Å². The molecule has 0 aromatic rings. The van der Waals surface area contributed by atoms with Gasteiger partial charge in [-0.1, -0.05) is 204 Å². The molecule has 1 aliphatic heterocycles. The molecule has 0 aliphatic carbocycles. The van der Waals surface area contributed by atoms with Crippen LogP contribution in [-0.4, -0.2) is 87.5 Å². The van der Waals surface area contributed by atoms with Crippen LogP contribution in [0, 0.1) is 0 Å². The molecule has 0 radical (unpaired) electrons. The molecule has 7 atom stereocenters. The second-order valence-electron chi connectivity index (χ2n) is 18.0. The quantitative estimate of drug-likeness (QED) is 0.0262. The van der Waals surface area contributed by atoms with E-state index in [1.54, 1.807) is 6.08 Å². The van der Waals surface area contributed by atoms with Crippen molar-refractivity contribution in [1.82, 2.24) is 5.32 Å². The van der Waals surface area contributed by atoms with E-state index in [-0.39, 0.29) is 12.5 Å². The lowest BCUT2D eigenvalue weighted by atomic mass is 9.99. The molecule has 1 heterocycles. The zero-order valence-corrected chi connectivity index (χ0v) is 39.4. The molecular weight excluding hydrogens is 767 g/mol. The van der Waals surface area contributed by atoms with Crippen molar-refractivity contribution in [3.8, 4) is 0 Å². The Morgan fingerprint density at radius 3 is 1.41 bits per heavy atom. The molecule has 6 N–H and O–H groups in total. The van der Waals surface area contributed by atoms with Crippen LogP contribution >= 0.6 is 0 Å². The molecule has 9 nitrogen and oxygen atoms in total. The van der Waals surface area contributed by atoms with E-state index in [0.29, 0.717) is 6.42 Å². The third-order valence-electron chi connectivity index (χ3n) is 12.2. The van der Waals surface area contributed by atoms with Gasteiger partial charge >= 0.3 is 0 Å². The maximum atomic E-state index is 12.9. The summed E-state index contributed by atoms with van der Waals surface area (Å²) in [6.45, 7) is 3.71. The number of unbranched alkanes of at least 4 members (excludes halogenated alkanes) is 29. The highest BCUT2D eigenvalue weighted by atomic mass is 16.7. The SMILES string of the molecule is CCCCC/C=C/CC/C=C/C(O)C(COC1OC(CO)C(O)C(O)C1O)NC(=O)CCCCCCCCCCCCCCCCCCC/C=C\CCCCCCCCCC. The highest BCUT2D eigenvalue weighted by Crippen LogP contribution is 2.23. The minimum atomic E-state index is -1.57. The summed E-state index contributed by atoms with van der Waals surface area (Å²) in [7, 11) is 0. The summed E-state index contributed by atoms with van der Waals surface area (Å²) in [5.41, 5.74) is 0. The summed E-state index contributed by atoms with van der Waals surface area (Å²) in [5, 5.41) is 54.0. The molecule has 1 saturated heterocycles. The first kappa shape index (κ1) is 57.4. The number of hydrogen-bond acceptors (Lipinski definition) is 8. The maximum absolute atomic E-state index is 12.9. The molecule has 358 valence electrons. The van der Waals surface area contributed by atoms with Crippen molar-refractivity contribution >= 4 is 5.91 Å². The lowest BCUT2D eigenvalue weighted by molar-refractivity contribution is -0.302. The van der Waals surface area contributed by atoms with Crippen molar-refractivity contribution in [2.75, 3.05) is 13.2 Å². The fourth-order valence-corrected chi connectivity index (χ4v) is 8.05. The van der Waals surface area contributed by atoms with Gasteiger partial charge in [-0.2, -0.15) is 0 Å². The summed E-state index contributed by atoms with van der Waals surface area (Å²) >= 11 is 0. The van der Waals surface area contributed by atoms with Crippen LogP contribution in [0.2, 0.25) is 0 Å². The van der Waals surface area contributed by atoms with Gasteiger partial charge in [-0.05, 0) is 57.8 Å². The zero-order valence-electron chi connectivity index (χ0n) is 39.4. The Bertz CT molecular complexity index is 1050. The lowest BCUT2D eigenvalue weighted by Crippen LogP contribution is -2.60. The normalized spacial score (nSPS) is 20.7. The number of amides is 1. The van der Waals surface area contributed by atoms with Crippen LogP contribution in [0.1, 0.15) is 232 Å². The number of ether oxygens (including phenoxy) is 2. The van der Waals surface area contributed by atoms with Gasteiger partial charge in [-0.15, -0.1) is 0 Å². The molecule has 1 aliphatic rings. The van der Waals surface area contributed by atoms with Crippen LogP contribution in [0.3, 0.4) is 0 Å². The highest BCUT2D eigenvalue weighted by Gasteiger charge is 2.44. The van der Waals surface area contributed by atoms with E-state index in [2.05, 4.69) is 43.5 Å². The van der Waals surface area contributed by atoms with Gasteiger partial charge in [-0.3, -0.25) is 4.79 Å². The third-order valence-corrected chi connectivity index (χ3v) is 12.2. The molecule has 1 fully saturated rings. The van der Waals surface area contributed by atoms with Crippen LogP contribution < -0.4 is 5.32 Å². The Kier molecular flexibility index (Phi) is 39.9. The Morgan fingerprint density at radius 1 is 0.541 bits per heavy atom. The number of carbonyl (C=O) groups is 1. The topological polar surface area (TPSA) is 149 Å². The molecule has 7 unspecified atom stereocenters. The van der Waals surface area contributed by atoms with Crippen LogP contribution in [0.4, 0.5) is 0 Å². The second-order valence-corrected chi connectivity index (χ2v) is 18.0. The Balaban J connectivity index is 2.13. The molecular formula is C52H97NO8. The lowest BCUT2D eigenvalue weighted by Gasteiger charge is -2.40. The summed E-state index contributed by atoms with van der Waals surface area (Å²) in [4.78, 5) is 12.9. The van der Waals surface area contributed by atoms with Gasteiger partial charge in [0.1, 0.15) is 24.4 Å². The first-order valence-corrected chi connectivity index (χ1v) is 25.7. The van der Waals surface area contributed by atoms with Crippen molar-refractivity contribution in [2.24, 2.45) is 0 Å². The predicted molar refractivity (Wildman–Crippen MR) is 253 cm³/mol. The number of carbonyl (C=O) groups excluding carboxylic acids is 1. The second kappa shape index (κ2) is 42.4. The van der Waals surface area contributed by atoms with Crippen molar-refractivity contribution < 1.29 is 39.8 Å². The smallest absolute Gasteiger partial charge is 0.220 e. The average molecular weight is 864 g/mol. The molecule has 0 spiro atoms. The minimum Gasteiger partial charge on any atom is -0.394 e. The maximum Gasteiger partial charge on any atom is 0.220 e. The molecule has 0 saturated carbocycles. The number of hydrogen-bond donors (Lipinski definition) is 6. The number of rotatable bonds is 43. The minimum absolute atomic E-state index is 0.187. The monoisotopic (exact) mass is 864 g/mol. The molecule has 9 heteroatoms. The molecule has 1 amide bonds. The first-order valence-electron chi connectivity index (χ1n) is 25.7. The Hall–Kier alpha value is -1.59. The van der Waals surface area contributed by atoms with E-state index in [4.69, 9.17) is 9.47 Å². The summed E-state index contributed by atoms with van der Waals surface area (Å²) in [6, 6.07) is -0.817. The standard InChI is InChI=1S/C52H97NO8/c1-3-5-7-9-11-13-14-15-16-17-18-19-20-21-22-23-24-25-26-27-28-29-30-31-32-34-36-38-40-42-48(56)53-45(46(55)41-39-37-35-33-12-10-8-6-4-2)44-60-52-51(59)50(58)49(57)47(43-54)61-52/h12,17-18,33,39,41,45-47,49-52,54-55,57-59H,3-11,13-16,19-32,34-38,40,42-44H2,1-2H3,(H,53,56)/b18-17-,33-12+,41-39+. The van der Waals surface area contributed by atoms with Gasteiger partial charge in [0.2, 0.25) is 5.91 Å². The summed E-state index contributed by atoms with van der Waals surface area (Å²) < 4.78 is 11.2. The van der Waals surface area contributed by atoms with Gasteiger partial charge in [0.15, 0.2) is 6.29 Å². The van der Waals surface area contributed by atoms with E-state index in [0.717, 1.165) is 38.5 Å². The molecule has 0 aromatic heterocycles. The van der Waals surface area contributed by atoms with E-state index in [1.165, 1.54) is 173 Å². The fraction of sp³-hybridized carbons (Fsp3) is 0.865. The number of nitrogens with one attached hydrogen (secondary N) is 1. The average Bonchev–Trinajstić information content (AvgIpc) is 3.26. The van der Waals surface area contributed by atoms with Crippen LogP contribution in [0.25, 0.3) is 0 Å². The third kappa shape index (κ3) is 32.7. The van der Waals surface area contributed by atoms with E-state index in [1.807, 2.05) is 6.08 Å². The Morgan fingerprint density at radius 2 is 0.934 bits per heavy atom. The van der Waals surface area contributed by atoms with Crippen LogP contribution in [0.15, 0.2) is 36.5 Å². The molecule has 0 bridgehead atoms. The van der Waals surface area contributed by atoms with Crippen molar-refractivity contribution in [2.45, 2.75) is 275 Å². The zero-order chi connectivity index (χ0) is 44.4. The van der Waals surface area contributed by atoms with Gasteiger partial charge < -0.3 is 40.3 Å². The van der Waals surface area contributed by atoms with Gasteiger partial charge in [0, 0.05) is 6.42 Å². The first-order chi connectivity index (χ1) is 29.8. The van der Waals surface area contributed by atoms with Crippen molar-refractivity contribution in [3.05, 3.63) is 36.5 Å².